The van der Waals surface area contributed by atoms with Crippen molar-refractivity contribution in [3.63, 3.8) is 0 Å². The molecule has 70 valence electrons. The first kappa shape index (κ1) is 11.8. The molecule has 0 aliphatic carbocycles. The lowest BCUT2D eigenvalue weighted by molar-refractivity contribution is 0.451. The van der Waals surface area contributed by atoms with Crippen LogP contribution in [0, 0.1) is 0 Å². The minimum absolute atomic E-state index is 0. The van der Waals surface area contributed by atoms with E-state index in [2.05, 4.69) is 9.55 Å². The summed E-state index contributed by atoms with van der Waals surface area (Å²) in [4.78, 5) is 4.18. The van der Waals surface area contributed by atoms with E-state index in [9.17, 15) is 0 Å². The molecule has 0 fully saturated rings. The van der Waals surface area contributed by atoms with Gasteiger partial charge in [0.15, 0.2) is 0 Å². The third-order valence-corrected chi connectivity index (χ3v) is 1.99. The first-order chi connectivity index (χ1) is 4.88. The van der Waals surface area contributed by atoms with Gasteiger partial charge in [0.2, 0.25) is 0 Å². The maximum atomic E-state index is 5.81. The van der Waals surface area contributed by atoms with Crippen molar-refractivity contribution < 1.29 is 0 Å². The van der Waals surface area contributed by atoms with E-state index in [0.29, 0.717) is 0 Å². The Morgan fingerprint density at radius 1 is 1.50 bits per heavy atom. The zero-order valence-electron chi connectivity index (χ0n) is 6.64. The van der Waals surface area contributed by atoms with Crippen molar-refractivity contribution >= 4 is 24.8 Å². The fourth-order valence-corrected chi connectivity index (χ4v) is 1.45. The van der Waals surface area contributed by atoms with Crippen LogP contribution in [0.4, 0.5) is 0 Å². The predicted molar refractivity (Wildman–Crippen MR) is 52.9 cm³/mol. The molecule has 3 nitrogen and oxygen atoms in total. The number of aryl methyl sites for hydroxylation is 1. The molecule has 1 atom stereocenters. The third kappa shape index (κ3) is 1.91. The molecule has 2 rings (SSSR count). The molecule has 0 bridgehead atoms. The largest absolute Gasteiger partial charge is 0.334 e. The predicted octanol–water partition coefficient (Wildman–Crippen LogP) is 1.52. The van der Waals surface area contributed by atoms with E-state index in [4.69, 9.17) is 5.73 Å². The normalized spacial score (nSPS) is 20.2. The number of imidazole rings is 1. The number of hydrogen-bond acceptors (Lipinski definition) is 2. The lowest BCUT2D eigenvalue weighted by Gasteiger charge is -2.19. The molecular weight excluding hydrogens is 197 g/mol. The van der Waals surface area contributed by atoms with E-state index in [1.165, 1.54) is 6.42 Å². The van der Waals surface area contributed by atoms with Gasteiger partial charge in [-0.15, -0.1) is 24.8 Å². The summed E-state index contributed by atoms with van der Waals surface area (Å²) < 4.78 is 2.13. The molecule has 0 radical (unpaired) electrons. The van der Waals surface area contributed by atoms with E-state index in [0.717, 1.165) is 18.8 Å². The van der Waals surface area contributed by atoms with Gasteiger partial charge in [-0.05, 0) is 12.8 Å². The average Bonchev–Trinajstić information content (AvgIpc) is 2.36. The summed E-state index contributed by atoms with van der Waals surface area (Å²) in [5.41, 5.74) is 5.81. The van der Waals surface area contributed by atoms with Crippen molar-refractivity contribution in [2.75, 3.05) is 0 Å². The van der Waals surface area contributed by atoms with Crippen LogP contribution in [-0.4, -0.2) is 9.55 Å². The fourth-order valence-electron chi connectivity index (χ4n) is 1.45. The Morgan fingerprint density at radius 2 is 2.25 bits per heavy atom. The highest BCUT2D eigenvalue weighted by molar-refractivity contribution is 5.85. The minimum Gasteiger partial charge on any atom is -0.334 e. The zero-order valence-corrected chi connectivity index (χ0v) is 8.27. The van der Waals surface area contributed by atoms with Crippen LogP contribution >= 0.6 is 24.8 Å². The molecule has 2 N–H and O–H groups in total. The molecule has 1 unspecified atom stereocenters. The van der Waals surface area contributed by atoms with Crippen molar-refractivity contribution in [2.45, 2.75) is 25.4 Å². The highest BCUT2D eigenvalue weighted by Gasteiger charge is 2.16. The highest BCUT2D eigenvalue weighted by atomic mass is 35.5. The highest BCUT2D eigenvalue weighted by Crippen LogP contribution is 2.19. The monoisotopic (exact) mass is 209 g/mol. The molecule has 0 amide bonds. The van der Waals surface area contributed by atoms with Crippen LogP contribution in [0.1, 0.15) is 24.7 Å². The molecule has 1 aromatic rings. The van der Waals surface area contributed by atoms with Crippen LogP contribution in [-0.2, 0) is 6.54 Å². The van der Waals surface area contributed by atoms with Gasteiger partial charge in [0, 0.05) is 18.9 Å². The molecule has 0 saturated heterocycles. The first-order valence-corrected chi connectivity index (χ1v) is 3.64. The maximum absolute atomic E-state index is 5.81. The van der Waals surface area contributed by atoms with E-state index in [1.807, 2.05) is 12.4 Å². The van der Waals surface area contributed by atoms with Gasteiger partial charge in [-0.1, -0.05) is 0 Å². The van der Waals surface area contributed by atoms with Gasteiger partial charge >= 0.3 is 0 Å². The summed E-state index contributed by atoms with van der Waals surface area (Å²) in [6, 6.07) is 0.170. The van der Waals surface area contributed by atoms with Crippen LogP contribution in [0.2, 0.25) is 0 Å². The summed E-state index contributed by atoms with van der Waals surface area (Å²) >= 11 is 0. The van der Waals surface area contributed by atoms with Crippen molar-refractivity contribution in [2.24, 2.45) is 5.73 Å². The van der Waals surface area contributed by atoms with E-state index in [-0.39, 0.29) is 30.9 Å². The topological polar surface area (TPSA) is 43.8 Å². The summed E-state index contributed by atoms with van der Waals surface area (Å²) in [5.74, 6) is 1.05. The Morgan fingerprint density at radius 3 is 2.92 bits per heavy atom. The number of fused-ring (bicyclic) bond motifs is 1. The smallest absolute Gasteiger partial charge is 0.125 e. The molecule has 12 heavy (non-hydrogen) atoms. The van der Waals surface area contributed by atoms with Gasteiger partial charge in [-0.3, -0.25) is 0 Å². The molecular formula is C7H13Cl2N3. The standard InChI is InChI=1S/C7H11N3.2ClH/c8-6-2-1-4-10-5-3-9-7(6)10;;/h3,5-6H,1-2,4,8H2;2*1H. The van der Waals surface area contributed by atoms with Gasteiger partial charge in [0.25, 0.3) is 0 Å². The van der Waals surface area contributed by atoms with Crippen LogP contribution in [0.15, 0.2) is 12.4 Å². The molecule has 1 aliphatic heterocycles. The van der Waals surface area contributed by atoms with Gasteiger partial charge < -0.3 is 10.3 Å². The summed E-state index contributed by atoms with van der Waals surface area (Å²) in [7, 11) is 0. The quantitative estimate of drug-likeness (QED) is 0.705. The summed E-state index contributed by atoms with van der Waals surface area (Å²) in [6.45, 7) is 1.09. The van der Waals surface area contributed by atoms with Gasteiger partial charge in [0.1, 0.15) is 5.82 Å². The van der Waals surface area contributed by atoms with Crippen molar-refractivity contribution in [1.82, 2.24) is 9.55 Å². The van der Waals surface area contributed by atoms with E-state index in [1.54, 1.807) is 0 Å². The van der Waals surface area contributed by atoms with Gasteiger partial charge in [0.05, 0.1) is 6.04 Å². The molecule has 0 aromatic carbocycles. The van der Waals surface area contributed by atoms with E-state index < -0.39 is 0 Å². The second-order valence-electron chi connectivity index (χ2n) is 2.73. The SMILES string of the molecule is Cl.Cl.NC1CCCn2ccnc21. The first-order valence-electron chi connectivity index (χ1n) is 3.64. The van der Waals surface area contributed by atoms with Crippen molar-refractivity contribution in [1.29, 1.82) is 0 Å². The minimum atomic E-state index is 0. The van der Waals surface area contributed by atoms with Crippen LogP contribution in [0.5, 0.6) is 0 Å². The Kier molecular flexibility index (Phi) is 4.60. The number of aromatic nitrogens is 2. The molecule has 5 heteroatoms. The van der Waals surface area contributed by atoms with Crippen molar-refractivity contribution in [3.8, 4) is 0 Å². The maximum Gasteiger partial charge on any atom is 0.125 e. The Bertz CT molecular complexity index is 236. The third-order valence-electron chi connectivity index (χ3n) is 1.99. The van der Waals surface area contributed by atoms with Crippen LogP contribution in [0.25, 0.3) is 0 Å². The van der Waals surface area contributed by atoms with Gasteiger partial charge in [-0.25, -0.2) is 4.98 Å². The number of hydrogen-bond donors (Lipinski definition) is 1. The second kappa shape index (κ2) is 4.70. The lowest BCUT2D eigenvalue weighted by Crippen LogP contribution is -2.21. The van der Waals surface area contributed by atoms with Crippen LogP contribution < -0.4 is 5.73 Å². The van der Waals surface area contributed by atoms with Gasteiger partial charge in [-0.2, -0.15) is 0 Å². The number of rotatable bonds is 0. The molecule has 1 aromatic heterocycles. The van der Waals surface area contributed by atoms with E-state index >= 15 is 0 Å². The van der Waals surface area contributed by atoms with Crippen LogP contribution in [0.3, 0.4) is 0 Å². The summed E-state index contributed by atoms with van der Waals surface area (Å²) in [6.07, 6.45) is 6.08. The number of nitrogens with two attached hydrogens (primary N) is 1. The molecule has 0 saturated carbocycles. The molecule has 0 spiro atoms. The Balaban J connectivity index is 0.000000605. The summed E-state index contributed by atoms with van der Waals surface area (Å²) in [5, 5.41) is 0. The average molecular weight is 210 g/mol. The Hall–Kier alpha value is -0.250. The molecule has 1 aliphatic rings. The number of halogens is 2. The van der Waals surface area contributed by atoms with Crippen molar-refractivity contribution in [3.05, 3.63) is 18.2 Å². The zero-order chi connectivity index (χ0) is 6.97. The molecule has 2 heterocycles. The number of nitrogens with zero attached hydrogens (tertiary/aromatic N) is 2. The fraction of sp³-hybridized carbons (Fsp3) is 0.571. The Labute approximate surface area is 84.2 Å². The second-order valence-corrected chi connectivity index (χ2v) is 2.73. The lowest BCUT2D eigenvalue weighted by atomic mass is 10.1.